The number of halogens is 1. The molecule has 2 aromatic rings. The fourth-order valence-corrected chi connectivity index (χ4v) is 2.83. The lowest BCUT2D eigenvalue weighted by Gasteiger charge is -2.11. The minimum atomic E-state index is 0.663. The molecule has 0 atom stereocenters. The Labute approximate surface area is 120 Å². The van der Waals surface area contributed by atoms with Crippen LogP contribution < -0.4 is 5.32 Å². The molecule has 2 aromatic heterocycles. The Hall–Kier alpha value is -1.36. The van der Waals surface area contributed by atoms with Gasteiger partial charge in [-0.2, -0.15) is 0 Å². The number of hydrogen-bond donors (Lipinski definition) is 1. The van der Waals surface area contributed by atoms with E-state index in [-0.39, 0.29) is 0 Å². The van der Waals surface area contributed by atoms with Gasteiger partial charge < -0.3 is 9.73 Å². The Bertz CT molecular complexity index is 594. The molecule has 0 unspecified atom stereocenters. The first-order valence-corrected chi connectivity index (χ1v) is 7.40. The van der Waals surface area contributed by atoms with Gasteiger partial charge in [0, 0.05) is 18.3 Å². The first-order chi connectivity index (χ1) is 9.28. The second-order valence-electron chi connectivity index (χ2n) is 4.74. The van der Waals surface area contributed by atoms with Crippen molar-refractivity contribution in [3.05, 3.63) is 28.1 Å². The summed E-state index contributed by atoms with van der Waals surface area (Å²) in [6, 6.07) is 3.76. The highest BCUT2D eigenvalue weighted by Crippen LogP contribution is 2.29. The summed E-state index contributed by atoms with van der Waals surface area (Å²) in [5.74, 6) is 2.31. The molecule has 3 rings (SSSR count). The van der Waals surface area contributed by atoms with Gasteiger partial charge in [-0.15, -0.1) is 0 Å². The van der Waals surface area contributed by atoms with Crippen LogP contribution in [-0.2, 0) is 12.8 Å². The highest BCUT2D eigenvalue weighted by Gasteiger charge is 2.18. The van der Waals surface area contributed by atoms with Gasteiger partial charge in [0.1, 0.15) is 5.82 Å². The SMILES string of the molecule is CNc1nc(-c2ccc(Br)o2)nc2c1CCCCC2. The van der Waals surface area contributed by atoms with Gasteiger partial charge in [-0.05, 0) is 53.7 Å². The van der Waals surface area contributed by atoms with E-state index in [9.17, 15) is 0 Å². The third kappa shape index (κ3) is 2.52. The van der Waals surface area contributed by atoms with Crippen LogP contribution in [0, 0.1) is 0 Å². The molecule has 2 heterocycles. The Morgan fingerprint density at radius 3 is 2.74 bits per heavy atom. The molecule has 1 N–H and O–H groups in total. The number of nitrogens with one attached hydrogen (secondary N) is 1. The number of aromatic nitrogens is 2. The molecule has 19 heavy (non-hydrogen) atoms. The largest absolute Gasteiger partial charge is 0.446 e. The Kier molecular flexibility index (Phi) is 3.55. The van der Waals surface area contributed by atoms with Crippen LogP contribution in [-0.4, -0.2) is 17.0 Å². The number of rotatable bonds is 2. The zero-order chi connectivity index (χ0) is 13.2. The molecule has 1 aliphatic rings. The molecule has 5 heteroatoms. The van der Waals surface area contributed by atoms with E-state index in [1.54, 1.807) is 0 Å². The number of aryl methyl sites for hydroxylation is 1. The van der Waals surface area contributed by atoms with Gasteiger partial charge in [-0.3, -0.25) is 0 Å². The molecule has 0 spiro atoms. The summed E-state index contributed by atoms with van der Waals surface area (Å²) >= 11 is 3.31. The minimum absolute atomic E-state index is 0.663. The Balaban J connectivity index is 2.09. The summed E-state index contributed by atoms with van der Waals surface area (Å²) in [5.41, 5.74) is 2.44. The Morgan fingerprint density at radius 1 is 1.16 bits per heavy atom. The van der Waals surface area contributed by atoms with E-state index in [0.29, 0.717) is 16.3 Å². The first-order valence-electron chi connectivity index (χ1n) is 6.61. The van der Waals surface area contributed by atoms with Crippen LogP contribution in [0.2, 0.25) is 0 Å². The van der Waals surface area contributed by atoms with Crippen LogP contribution in [0.25, 0.3) is 11.6 Å². The highest BCUT2D eigenvalue weighted by atomic mass is 79.9. The average Bonchev–Trinajstić information content (AvgIpc) is 2.72. The maximum Gasteiger partial charge on any atom is 0.197 e. The van der Waals surface area contributed by atoms with E-state index < -0.39 is 0 Å². The molecule has 0 fully saturated rings. The molecule has 0 saturated carbocycles. The van der Waals surface area contributed by atoms with Crippen molar-refractivity contribution in [2.75, 3.05) is 12.4 Å². The molecule has 0 aliphatic heterocycles. The molecule has 0 radical (unpaired) electrons. The smallest absolute Gasteiger partial charge is 0.197 e. The minimum Gasteiger partial charge on any atom is -0.446 e. The van der Waals surface area contributed by atoms with E-state index >= 15 is 0 Å². The monoisotopic (exact) mass is 321 g/mol. The van der Waals surface area contributed by atoms with Crippen LogP contribution in [0.5, 0.6) is 0 Å². The predicted octanol–water partition coefficient (Wildman–Crippen LogP) is 3.81. The molecule has 0 saturated heterocycles. The topological polar surface area (TPSA) is 51.0 Å². The second-order valence-corrected chi connectivity index (χ2v) is 5.52. The van der Waals surface area contributed by atoms with Gasteiger partial charge >= 0.3 is 0 Å². The van der Waals surface area contributed by atoms with Crippen LogP contribution in [0.3, 0.4) is 0 Å². The third-order valence-electron chi connectivity index (χ3n) is 3.46. The second kappa shape index (κ2) is 5.33. The van der Waals surface area contributed by atoms with Gasteiger partial charge in [-0.25, -0.2) is 9.97 Å². The predicted molar refractivity (Wildman–Crippen MR) is 78.2 cm³/mol. The van der Waals surface area contributed by atoms with Crippen LogP contribution in [0.4, 0.5) is 5.82 Å². The number of fused-ring (bicyclic) bond motifs is 1. The van der Waals surface area contributed by atoms with E-state index in [4.69, 9.17) is 9.40 Å². The number of nitrogens with zero attached hydrogens (tertiary/aromatic N) is 2. The summed E-state index contributed by atoms with van der Waals surface area (Å²) in [5, 5.41) is 3.20. The third-order valence-corrected chi connectivity index (χ3v) is 3.89. The zero-order valence-corrected chi connectivity index (χ0v) is 12.5. The summed E-state index contributed by atoms with van der Waals surface area (Å²) in [6.07, 6.45) is 5.78. The first kappa shape index (κ1) is 12.7. The number of furan rings is 1. The van der Waals surface area contributed by atoms with Crippen molar-refractivity contribution < 1.29 is 4.42 Å². The fourth-order valence-electron chi connectivity index (χ4n) is 2.52. The molecule has 0 bridgehead atoms. The van der Waals surface area contributed by atoms with Crippen molar-refractivity contribution in [2.45, 2.75) is 32.1 Å². The van der Waals surface area contributed by atoms with Crippen molar-refractivity contribution in [1.82, 2.24) is 9.97 Å². The van der Waals surface area contributed by atoms with Crippen LogP contribution in [0.15, 0.2) is 21.2 Å². The molecule has 100 valence electrons. The summed E-state index contributed by atoms with van der Waals surface area (Å²) in [4.78, 5) is 9.29. The molecule has 0 amide bonds. The van der Waals surface area contributed by atoms with E-state index in [1.165, 1.54) is 30.5 Å². The molecular weight excluding hydrogens is 306 g/mol. The Morgan fingerprint density at radius 2 is 2.00 bits per heavy atom. The summed E-state index contributed by atoms with van der Waals surface area (Å²) in [7, 11) is 1.91. The van der Waals surface area contributed by atoms with Crippen molar-refractivity contribution in [2.24, 2.45) is 0 Å². The maximum atomic E-state index is 5.56. The van der Waals surface area contributed by atoms with Gasteiger partial charge in [0.15, 0.2) is 16.3 Å². The molecule has 1 aliphatic carbocycles. The van der Waals surface area contributed by atoms with Crippen molar-refractivity contribution >= 4 is 21.7 Å². The summed E-state index contributed by atoms with van der Waals surface area (Å²) < 4.78 is 6.26. The van der Waals surface area contributed by atoms with Crippen LogP contribution >= 0.6 is 15.9 Å². The number of anilines is 1. The lowest BCUT2D eigenvalue weighted by Crippen LogP contribution is -2.06. The van der Waals surface area contributed by atoms with E-state index in [0.717, 1.165) is 18.7 Å². The highest BCUT2D eigenvalue weighted by molar-refractivity contribution is 9.10. The summed E-state index contributed by atoms with van der Waals surface area (Å²) in [6.45, 7) is 0. The zero-order valence-electron chi connectivity index (χ0n) is 10.9. The molecular formula is C14H16BrN3O. The lowest BCUT2D eigenvalue weighted by atomic mass is 10.1. The van der Waals surface area contributed by atoms with Gasteiger partial charge in [0.05, 0.1) is 0 Å². The van der Waals surface area contributed by atoms with Crippen molar-refractivity contribution in [3.8, 4) is 11.6 Å². The van der Waals surface area contributed by atoms with Crippen molar-refractivity contribution in [3.63, 3.8) is 0 Å². The maximum absolute atomic E-state index is 5.56. The van der Waals surface area contributed by atoms with Crippen molar-refractivity contribution in [1.29, 1.82) is 0 Å². The quantitative estimate of drug-likeness (QED) is 0.854. The van der Waals surface area contributed by atoms with Gasteiger partial charge in [0.25, 0.3) is 0 Å². The average molecular weight is 322 g/mol. The standard InChI is InChI=1S/C14H16BrN3O/c1-16-13-9-5-3-2-4-6-10(9)17-14(18-13)11-7-8-12(15)19-11/h7-8H,2-6H2,1H3,(H,16,17,18). The van der Waals surface area contributed by atoms with E-state index in [1.807, 2.05) is 19.2 Å². The fraction of sp³-hybridized carbons (Fsp3) is 0.429. The van der Waals surface area contributed by atoms with Crippen LogP contribution in [0.1, 0.15) is 30.5 Å². The molecule has 0 aromatic carbocycles. The molecule has 4 nitrogen and oxygen atoms in total. The van der Waals surface area contributed by atoms with Gasteiger partial charge in [-0.1, -0.05) is 6.42 Å². The number of hydrogen-bond acceptors (Lipinski definition) is 4. The lowest BCUT2D eigenvalue weighted by molar-refractivity contribution is 0.550. The van der Waals surface area contributed by atoms with Gasteiger partial charge in [0.2, 0.25) is 0 Å². The normalized spacial score (nSPS) is 14.8. The van der Waals surface area contributed by atoms with E-state index in [2.05, 4.69) is 26.2 Å².